The molecule has 2 N–H and O–H groups in total. The third kappa shape index (κ3) is 2.66. The molecule has 0 spiro atoms. The number of rotatable bonds is 2. The van der Waals surface area contributed by atoms with E-state index in [0.29, 0.717) is 11.4 Å². The van der Waals surface area contributed by atoms with Crippen LogP contribution in [0.5, 0.6) is 0 Å². The van der Waals surface area contributed by atoms with Gasteiger partial charge in [0.15, 0.2) is 0 Å². The Kier molecular flexibility index (Phi) is 3.87. The lowest BCUT2D eigenvalue weighted by Crippen LogP contribution is -2.43. The van der Waals surface area contributed by atoms with Gasteiger partial charge in [0.25, 0.3) is 0 Å². The Morgan fingerprint density at radius 2 is 2.00 bits per heavy atom. The lowest BCUT2D eigenvalue weighted by molar-refractivity contribution is 0.0462. The quantitative estimate of drug-likeness (QED) is 0.919. The zero-order valence-corrected chi connectivity index (χ0v) is 13.0. The number of anilines is 1. The molecular formula is C17H21FN4O. The van der Waals surface area contributed by atoms with Gasteiger partial charge in [-0.2, -0.15) is 0 Å². The third-order valence-corrected chi connectivity index (χ3v) is 5.08. The first-order valence-electron chi connectivity index (χ1n) is 8.25. The van der Waals surface area contributed by atoms with Crippen molar-refractivity contribution >= 4 is 16.7 Å². The molecule has 2 aliphatic rings. The van der Waals surface area contributed by atoms with Gasteiger partial charge in [-0.25, -0.2) is 14.4 Å². The van der Waals surface area contributed by atoms with Crippen molar-refractivity contribution in [2.24, 2.45) is 11.7 Å². The Morgan fingerprint density at radius 1 is 1.17 bits per heavy atom. The van der Waals surface area contributed by atoms with Crippen LogP contribution in [0.2, 0.25) is 0 Å². The Labute approximate surface area is 134 Å². The number of hydrogen-bond donors (Lipinski definition) is 1. The molecule has 0 amide bonds. The van der Waals surface area contributed by atoms with Gasteiger partial charge in [0.2, 0.25) is 0 Å². The largest absolute Gasteiger partial charge is 0.376 e. The predicted molar refractivity (Wildman–Crippen MR) is 86.8 cm³/mol. The Morgan fingerprint density at radius 3 is 2.74 bits per heavy atom. The summed E-state index contributed by atoms with van der Waals surface area (Å²) in [6.45, 7) is 2.56. The third-order valence-electron chi connectivity index (χ3n) is 5.08. The second-order valence-electron chi connectivity index (χ2n) is 6.45. The summed E-state index contributed by atoms with van der Waals surface area (Å²) < 4.78 is 19.7. The summed E-state index contributed by atoms with van der Waals surface area (Å²) in [7, 11) is 0. The highest BCUT2D eigenvalue weighted by molar-refractivity contribution is 5.89. The SMILES string of the molecule is N[C@@H]1CCO[C@H]1C1CCN(c2ncnc3c(F)cccc23)CC1. The Bertz CT molecular complexity index is 702. The molecule has 6 heteroatoms. The lowest BCUT2D eigenvalue weighted by Gasteiger charge is -2.36. The van der Waals surface area contributed by atoms with E-state index >= 15 is 0 Å². The van der Waals surface area contributed by atoms with Crippen LogP contribution >= 0.6 is 0 Å². The number of piperidine rings is 1. The van der Waals surface area contributed by atoms with Crippen LogP contribution in [0.3, 0.4) is 0 Å². The van der Waals surface area contributed by atoms with Crippen LogP contribution < -0.4 is 10.6 Å². The van der Waals surface area contributed by atoms with Gasteiger partial charge in [-0.1, -0.05) is 6.07 Å². The van der Waals surface area contributed by atoms with Crippen molar-refractivity contribution < 1.29 is 9.13 Å². The van der Waals surface area contributed by atoms with Gasteiger partial charge in [0.05, 0.1) is 6.10 Å². The first-order valence-corrected chi connectivity index (χ1v) is 8.25. The average molecular weight is 316 g/mol. The Hall–Kier alpha value is -1.79. The molecule has 2 aliphatic heterocycles. The van der Waals surface area contributed by atoms with Crippen LogP contribution in [0.25, 0.3) is 10.9 Å². The second-order valence-corrected chi connectivity index (χ2v) is 6.45. The van der Waals surface area contributed by atoms with E-state index in [1.165, 1.54) is 12.4 Å². The zero-order chi connectivity index (χ0) is 15.8. The number of ether oxygens (including phenoxy) is 1. The van der Waals surface area contributed by atoms with E-state index in [1.807, 2.05) is 6.07 Å². The van der Waals surface area contributed by atoms with E-state index in [4.69, 9.17) is 10.5 Å². The summed E-state index contributed by atoms with van der Waals surface area (Å²) in [6.07, 6.45) is 4.65. The van der Waals surface area contributed by atoms with Crippen molar-refractivity contribution in [1.82, 2.24) is 9.97 Å². The molecule has 122 valence electrons. The number of nitrogens with zero attached hydrogens (tertiary/aromatic N) is 3. The van der Waals surface area contributed by atoms with Crippen molar-refractivity contribution in [3.05, 3.63) is 30.3 Å². The fourth-order valence-corrected chi connectivity index (χ4v) is 3.84. The number of benzene rings is 1. The number of halogens is 1. The van der Waals surface area contributed by atoms with Crippen LogP contribution in [0.1, 0.15) is 19.3 Å². The van der Waals surface area contributed by atoms with E-state index in [2.05, 4.69) is 14.9 Å². The van der Waals surface area contributed by atoms with Gasteiger partial charge in [0.1, 0.15) is 23.5 Å². The summed E-state index contributed by atoms with van der Waals surface area (Å²) in [4.78, 5) is 10.7. The maximum absolute atomic E-state index is 13.9. The molecule has 2 fully saturated rings. The van der Waals surface area contributed by atoms with Crippen molar-refractivity contribution in [2.45, 2.75) is 31.4 Å². The van der Waals surface area contributed by atoms with E-state index < -0.39 is 0 Å². The number of aromatic nitrogens is 2. The van der Waals surface area contributed by atoms with Crippen LogP contribution in [0, 0.1) is 11.7 Å². The topological polar surface area (TPSA) is 64.3 Å². The molecule has 2 aromatic rings. The molecule has 2 atom stereocenters. The number of para-hydroxylation sites is 1. The minimum absolute atomic E-state index is 0.167. The van der Waals surface area contributed by atoms with Gasteiger partial charge >= 0.3 is 0 Å². The smallest absolute Gasteiger partial charge is 0.149 e. The average Bonchev–Trinajstić information content (AvgIpc) is 3.01. The summed E-state index contributed by atoms with van der Waals surface area (Å²) in [5.74, 6) is 1.03. The van der Waals surface area contributed by atoms with Gasteiger partial charge in [-0.3, -0.25) is 0 Å². The first-order chi connectivity index (χ1) is 11.2. The van der Waals surface area contributed by atoms with Crippen LogP contribution in [-0.4, -0.2) is 41.8 Å². The fraction of sp³-hybridized carbons (Fsp3) is 0.529. The molecule has 0 bridgehead atoms. The molecule has 0 unspecified atom stereocenters. The van der Waals surface area contributed by atoms with Crippen molar-refractivity contribution in [3.8, 4) is 0 Å². The Balaban J connectivity index is 1.54. The van der Waals surface area contributed by atoms with Gasteiger partial charge in [-0.05, 0) is 37.3 Å². The normalized spacial score (nSPS) is 26.1. The molecule has 23 heavy (non-hydrogen) atoms. The molecule has 1 aromatic carbocycles. The number of hydrogen-bond acceptors (Lipinski definition) is 5. The molecule has 0 radical (unpaired) electrons. The van der Waals surface area contributed by atoms with Crippen molar-refractivity contribution in [3.63, 3.8) is 0 Å². The van der Waals surface area contributed by atoms with Crippen LogP contribution in [0.4, 0.5) is 10.2 Å². The minimum Gasteiger partial charge on any atom is -0.376 e. The molecular weight excluding hydrogens is 295 g/mol. The molecule has 2 saturated heterocycles. The minimum atomic E-state index is -0.300. The predicted octanol–water partition coefficient (Wildman–Crippen LogP) is 2.10. The van der Waals surface area contributed by atoms with Crippen LogP contribution in [0.15, 0.2) is 24.5 Å². The standard InChI is InChI=1S/C17H21FN4O/c18-13-3-1-2-12-15(13)20-10-21-17(12)22-7-4-11(5-8-22)16-14(19)6-9-23-16/h1-3,10-11,14,16H,4-9,19H2/t14-,16+/m1/s1. The van der Waals surface area contributed by atoms with Crippen molar-refractivity contribution in [1.29, 1.82) is 0 Å². The molecule has 4 rings (SSSR count). The maximum atomic E-state index is 13.9. The maximum Gasteiger partial charge on any atom is 0.149 e. The summed E-state index contributed by atoms with van der Waals surface area (Å²) >= 11 is 0. The molecule has 0 aliphatic carbocycles. The van der Waals surface area contributed by atoms with Gasteiger partial charge in [-0.15, -0.1) is 0 Å². The van der Waals surface area contributed by atoms with Gasteiger partial charge in [0, 0.05) is 31.1 Å². The second kappa shape index (κ2) is 6.02. The summed E-state index contributed by atoms with van der Waals surface area (Å²) in [5, 5.41) is 0.778. The zero-order valence-electron chi connectivity index (χ0n) is 13.0. The van der Waals surface area contributed by atoms with E-state index in [0.717, 1.165) is 50.2 Å². The first kappa shape index (κ1) is 14.8. The fourth-order valence-electron chi connectivity index (χ4n) is 3.84. The van der Waals surface area contributed by atoms with E-state index in [1.54, 1.807) is 6.07 Å². The monoisotopic (exact) mass is 316 g/mol. The number of fused-ring (bicyclic) bond motifs is 1. The highest BCUT2D eigenvalue weighted by Crippen LogP contribution is 2.32. The lowest BCUT2D eigenvalue weighted by atomic mass is 9.88. The molecule has 5 nitrogen and oxygen atoms in total. The summed E-state index contributed by atoms with van der Waals surface area (Å²) in [5.41, 5.74) is 6.54. The van der Waals surface area contributed by atoms with E-state index in [9.17, 15) is 4.39 Å². The highest BCUT2D eigenvalue weighted by atomic mass is 19.1. The molecule has 1 aromatic heterocycles. The molecule has 0 saturated carbocycles. The molecule has 3 heterocycles. The highest BCUT2D eigenvalue weighted by Gasteiger charge is 2.35. The van der Waals surface area contributed by atoms with Gasteiger partial charge < -0.3 is 15.4 Å². The van der Waals surface area contributed by atoms with Crippen molar-refractivity contribution in [2.75, 3.05) is 24.6 Å². The van der Waals surface area contributed by atoms with Crippen LogP contribution in [-0.2, 0) is 4.74 Å². The summed E-state index contributed by atoms with van der Waals surface area (Å²) in [6, 6.07) is 5.20. The number of nitrogens with two attached hydrogens (primary N) is 1. The van der Waals surface area contributed by atoms with E-state index in [-0.39, 0.29) is 18.0 Å².